The number of methoxy groups -OCH3 is 2. The Bertz CT molecular complexity index is 1610. The van der Waals surface area contributed by atoms with Crippen LogP contribution in [0.4, 0.5) is 0 Å². The molecule has 0 saturated heterocycles. The first-order valence-corrected chi connectivity index (χ1v) is 14.1. The predicted octanol–water partition coefficient (Wildman–Crippen LogP) is 7.95. The minimum atomic E-state index is -0.165. The lowest BCUT2D eigenvalue weighted by atomic mass is 9.95. The molecule has 0 bridgehead atoms. The lowest BCUT2D eigenvalue weighted by molar-refractivity contribution is 0.414. The number of fused-ring (bicyclic) bond motifs is 3. The molecular formula is C34H32ClN3O2. The zero-order valence-corrected chi connectivity index (χ0v) is 24.0. The van der Waals surface area contributed by atoms with Crippen LogP contribution in [-0.4, -0.2) is 29.0 Å². The number of ether oxygens (including phenoxy) is 2. The highest BCUT2D eigenvalue weighted by Crippen LogP contribution is 2.46. The maximum absolute atomic E-state index is 6.16. The second-order valence-electron chi connectivity index (χ2n) is 10.1. The third-order valence-corrected chi connectivity index (χ3v) is 8.15. The van der Waals surface area contributed by atoms with Gasteiger partial charge in [0.2, 0.25) is 0 Å². The van der Waals surface area contributed by atoms with Gasteiger partial charge in [-0.25, -0.2) is 4.98 Å². The van der Waals surface area contributed by atoms with Crippen LogP contribution < -0.4 is 9.47 Å². The van der Waals surface area contributed by atoms with Gasteiger partial charge in [0, 0.05) is 29.3 Å². The second kappa shape index (κ2) is 10.8. The average molecular weight is 550 g/mol. The fourth-order valence-electron chi connectivity index (χ4n) is 5.86. The van der Waals surface area contributed by atoms with Crippen molar-refractivity contribution in [2.45, 2.75) is 39.2 Å². The SMILES string of the molecule is CCc1cc2c(cc1CC)-c1c(c(-c3ccc(Cl)nc3)nn1C(c1ccc(OC)cc1)c1ccc(OC)cc1)C2. The largest absolute Gasteiger partial charge is 0.497 e. The van der Waals surface area contributed by atoms with Gasteiger partial charge in [0.25, 0.3) is 0 Å². The Hall–Kier alpha value is -4.09. The van der Waals surface area contributed by atoms with E-state index in [0.29, 0.717) is 5.15 Å². The van der Waals surface area contributed by atoms with Crippen LogP contribution >= 0.6 is 11.6 Å². The van der Waals surface area contributed by atoms with Crippen molar-refractivity contribution in [2.75, 3.05) is 14.2 Å². The monoisotopic (exact) mass is 549 g/mol. The lowest BCUT2D eigenvalue weighted by Crippen LogP contribution is -2.15. The van der Waals surface area contributed by atoms with Crippen LogP contribution in [0, 0.1) is 0 Å². The summed E-state index contributed by atoms with van der Waals surface area (Å²) in [5.74, 6) is 1.64. The number of rotatable bonds is 8. The van der Waals surface area contributed by atoms with Crippen LogP contribution in [0.2, 0.25) is 5.15 Å². The van der Waals surface area contributed by atoms with Gasteiger partial charge in [0.05, 0.1) is 25.6 Å². The number of nitrogens with zero attached hydrogens (tertiary/aromatic N) is 3. The van der Waals surface area contributed by atoms with E-state index in [0.717, 1.165) is 58.8 Å². The molecule has 0 fully saturated rings. The Balaban J connectivity index is 1.62. The van der Waals surface area contributed by atoms with Crippen molar-refractivity contribution < 1.29 is 9.47 Å². The first-order valence-electron chi connectivity index (χ1n) is 13.7. The van der Waals surface area contributed by atoms with Crippen LogP contribution in [0.25, 0.3) is 22.5 Å². The fourth-order valence-corrected chi connectivity index (χ4v) is 5.97. The molecule has 0 N–H and O–H groups in total. The van der Waals surface area contributed by atoms with Crippen molar-refractivity contribution >= 4 is 11.6 Å². The Kier molecular flexibility index (Phi) is 7.07. The molecule has 5 nitrogen and oxygen atoms in total. The van der Waals surface area contributed by atoms with Gasteiger partial charge in [0.15, 0.2) is 0 Å². The van der Waals surface area contributed by atoms with E-state index in [-0.39, 0.29) is 6.04 Å². The summed E-state index contributed by atoms with van der Waals surface area (Å²) >= 11 is 6.16. The average Bonchev–Trinajstić information content (AvgIpc) is 3.55. The Morgan fingerprint density at radius 1 is 0.825 bits per heavy atom. The summed E-state index contributed by atoms with van der Waals surface area (Å²) in [6, 6.07) is 25.0. The molecule has 2 heterocycles. The molecule has 202 valence electrons. The van der Waals surface area contributed by atoms with Crippen LogP contribution in [0.5, 0.6) is 11.5 Å². The van der Waals surface area contributed by atoms with Gasteiger partial charge in [0.1, 0.15) is 22.7 Å². The van der Waals surface area contributed by atoms with E-state index in [2.05, 4.69) is 59.9 Å². The molecule has 2 aromatic heterocycles. The molecule has 1 aliphatic rings. The topological polar surface area (TPSA) is 49.2 Å². The van der Waals surface area contributed by atoms with Gasteiger partial charge in [-0.05, 0) is 83.1 Å². The van der Waals surface area contributed by atoms with Crippen LogP contribution in [0.15, 0.2) is 79.0 Å². The predicted molar refractivity (Wildman–Crippen MR) is 161 cm³/mol. The third-order valence-electron chi connectivity index (χ3n) is 7.93. The van der Waals surface area contributed by atoms with Gasteiger partial charge in [-0.3, -0.25) is 4.68 Å². The molecule has 1 aliphatic carbocycles. The minimum Gasteiger partial charge on any atom is -0.497 e. The van der Waals surface area contributed by atoms with E-state index in [1.165, 1.54) is 27.8 Å². The summed E-state index contributed by atoms with van der Waals surface area (Å²) in [6.07, 6.45) is 4.67. The van der Waals surface area contributed by atoms with E-state index in [4.69, 9.17) is 26.2 Å². The third kappa shape index (κ3) is 4.54. The number of halogens is 1. The standard InChI is InChI=1S/C34H32ClN3O2/c1-5-21-17-26-19-30-32(25-11-16-31(35)36-20-25)37-38(34(30)29(26)18-22(21)6-2)33(23-7-12-27(39-3)13-8-23)24-9-14-28(40-4)15-10-24/h7-18,20,33H,5-6,19H2,1-4H3. The van der Waals surface area contributed by atoms with Crippen LogP contribution in [0.3, 0.4) is 0 Å². The van der Waals surface area contributed by atoms with E-state index >= 15 is 0 Å². The van der Waals surface area contributed by atoms with E-state index < -0.39 is 0 Å². The summed E-state index contributed by atoms with van der Waals surface area (Å²) in [4.78, 5) is 4.38. The van der Waals surface area contributed by atoms with Gasteiger partial charge < -0.3 is 9.47 Å². The molecule has 0 atom stereocenters. The van der Waals surface area contributed by atoms with Gasteiger partial charge in [-0.1, -0.05) is 55.8 Å². The number of pyridine rings is 1. The molecule has 0 spiro atoms. The zero-order chi connectivity index (χ0) is 27.8. The highest BCUT2D eigenvalue weighted by molar-refractivity contribution is 6.29. The maximum Gasteiger partial charge on any atom is 0.129 e. The Morgan fingerprint density at radius 2 is 1.43 bits per heavy atom. The highest BCUT2D eigenvalue weighted by Gasteiger charge is 2.33. The van der Waals surface area contributed by atoms with E-state index in [1.807, 2.05) is 42.6 Å². The van der Waals surface area contributed by atoms with Crippen molar-refractivity contribution in [3.05, 3.63) is 118 Å². The molecule has 3 aromatic carbocycles. The van der Waals surface area contributed by atoms with Crippen molar-refractivity contribution in [2.24, 2.45) is 0 Å². The summed E-state index contributed by atoms with van der Waals surface area (Å²) in [6.45, 7) is 4.47. The number of aromatic nitrogens is 3. The summed E-state index contributed by atoms with van der Waals surface area (Å²) in [7, 11) is 3.38. The van der Waals surface area contributed by atoms with Gasteiger partial charge in [-0.15, -0.1) is 0 Å². The molecule has 0 aliphatic heterocycles. The van der Waals surface area contributed by atoms with Crippen molar-refractivity contribution in [1.29, 1.82) is 0 Å². The summed E-state index contributed by atoms with van der Waals surface area (Å²) < 4.78 is 13.2. The highest BCUT2D eigenvalue weighted by atomic mass is 35.5. The quantitative estimate of drug-likeness (QED) is 0.181. The molecule has 5 aromatic rings. The first kappa shape index (κ1) is 26.1. The molecule has 0 radical (unpaired) electrons. The smallest absolute Gasteiger partial charge is 0.129 e. The molecule has 0 unspecified atom stereocenters. The van der Waals surface area contributed by atoms with Gasteiger partial charge in [-0.2, -0.15) is 5.10 Å². The Morgan fingerprint density at radius 3 is 1.95 bits per heavy atom. The summed E-state index contributed by atoms with van der Waals surface area (Å²) in [5, 5.41) is 5.81. The molecule has 0 amide bonds. The van der Waals surface area contributed by atoms with Gasteiger partial charge >= 0.3 is 0 Å². The first-order chi connectivity index (χ1) is 19.5. The van der Waals surface area contributed by atoms with Crippen molar-refractivity contribution in [1.82, 2.24) is 14.8 Å². The maximum atomic E-state index is 6.16. The molecular weight excluding hydrogens is 518 g/mol. The van der Waals surface area contributed by atoms with E-state index in [1.54, 1.807) is 14.2 Å². The fraction of sp³-hybridized carbons (Fsp3) is 0.235. The Labute approximate surface area is 240 Å². The van der Waals surface area contributed by atoms with E-state index in [9.17, 15) is 0 Å². The molecule has 0 saturated carbocycles. The van der Waals surface area contributed by atoms with Crippen LogP contribution in [-0.2, 0) is 19.3 Å². The second-order valence-corrected chi connectivity index (χ2v) is 10.5. The number of hydrogen-bond donors (Lipinski definition) is 0. The summed E-state index contributed by atoms with van der Waals surface area (Å²) in [5.41, 5.74) is 11.9. The van der Waals surface area contributed by atoms with Crippen molar-refractivity contribution in [3.8, 4) is 34.0 Å². The number of benzene rings is 3. The minimum absolute atomic E-state index is 0.165. The molecule has 6 rings (SSSR count). The normalized spacial score (nSPS) is 11.9. The number of hydrogen-bond acceptors (Lipinski definition) is 4. The molecule has 40 heavy (non-hydrogen) atoms. The zero-order valence-electron chi connectivity index (χ0n) is 23.2. The van der Waals surface area contributed by atoms with Crippen molar-refractivity contribution in [3.63, 3.8) is 0 Å². The number of aryl methyl sites for hydroxylation is 2. The van der Waals surface area contributed by atoms with Crippen LogP contribution in [0.1, 0.15) is 53.3 Å². The lowest BCUT2D eigenvalue weighted by Gasteiger charge is -2.22. The molecule has 6 heteroatoms.